The van der Waals surface area contributed by atoms with Gasteiger partial charge >= 0.3 is 0 Å². The number of amides is 2. The van der Waals surface area contributed by atoms with Crippen molar-refractivity contribution < 1.29 is 14.3 Å². The van der Waals surface area contributed by atoms with E-state index in [1.54, 1.807) is 42.5 Å². The Hall–Kier alpha value is -2.99. The highest BCUT2D eigenvalue weighted by Gasteiger charge is 2.10. The number of aromatic nitrogens is 1. The van der Waals surface area contributed by atoms with Crippen molar-refractivity contribution in [3.8, 4) is 5.75 Å². The molecular weight excluding hydrogens is 330 g/mol. The van der Waals surface area contributed by atoms with Crippen molar-refractivity contribution in [2.24, 2.45) is 5.73 Å². The predicted octanol–water partition coefficient (Wildman–Crippen LogP) is 2.94. The van der Waals surface area contributed by atoms with Crippen LogP contribution in [0, 0.1) is 0 Å². The minimum Gasteiger partial charge on any atom is -0.484 e. The molecule has 6 nitrogen and oxygen atoms in total. The number of primary amides is 1. The number of H-pyrrole nitrogens is 1. The fraction of sp³-hybridized carbons (Fsp3) is 0.0588. The number of aromatic amines is 1. The minimum absolute atomic E-state index is 0.222. The number of hydrogen-bond acceptors (Lipinski definition) is 3. The molecular formula is C17H14ClN3O3. The first-order chi connectivity index (χ1) is 11.5. The Kier molecular flexibility index (Phi) is 4.39. The summed E-state index contributed by atoms with van der Waals surface area (Å²) < 4.78 is 5.21. The number of carbonyl (C=O) groups excluding carboxylic acids is 2. The van der Waals surface area contributed by atoms with Crippen LogP contribution in [-0.4, -0.2) is 23.4 Å². The van der Waals surface area contributed by atoms with E-state index in [0.29, 0.717) is 22.2 Å². The minimum atomic E-state index is -0.568. The Labute approximate surface area is 142 Å². The highest BCUT2D eigenvalue weighted by molar-refractivity contribution is 6.31. The first-order valence-electron chi connectivity index (χ1n) is 7.12. The molecule has 122 valence electrons. The molecule has 0 unspecified atom stereocenters. The molecule has 0 spiro atoms. The average molecular weight is 344 g/mol. The van der Waals surface area contributed by atoms with Gasteiger partial charge in [0.05, 0.1) is 0 Å². The zero-order chi connectivity index (χ0) is 17.1. The number of nitrogens with one attached hydrogen (secondary N) is 2. The van der Waals surface area contributed by atoms with Gasteiger partial charge in [0.2, 0.25) is 0 Å². The highest BCUT2D eigenvalue weighted by atomic mass is 35.5. The Morgan fingerprint density at radius 1 is 1.17 bits per heavy atom. The summed E-state index contributed by atoms with van der Waals surface area (Å²) in [5.74, 6) is -0.425. The molecule has 0 saturated heterocycles. The second-order valence-electron chi connectivity index (χ2n) is 5.15. The molecule has 0 saturated carbocycles. The van der Waals surface area contributed by atoms with Gasteiger partial charge < -0.3 is 20.8 Å². The number of nitrogens with two attached hydrogens (primary N) is 1. The third kappa shape index (κ3) is 3.67. The Morgan fingerprint density at radius 3 is 2.79 bits per heavy atom. The molecule has 0 aliphatic heterocycles. The topological polar surface area (TPSA) is 97.2 Å². The third-order valence-electron chi connectivity index (χ3n) is 3.30. The molecule has 2 amide bonds. The summed E-state index contributed by atoms with van der Waals surface area (Å²) in [5, 5.41) is 4.22. The van der Waals surface area contributed by atoms with Crippen LogP contribution in [0.15, 0.2) is 48.5 Å². The van der Waals surface area contributed by atoms with Gasteiger partial charge in [-0.3, -0.25) is 9.59 Å². The molecule has 0 atom stereocenters. The van der Waals surface area contributed by atoms with Gasteiger partial charge in [0.1, 0.15) is 11.4 Å². The van der Waals surface area contributed by atoms with Crippen LogP contribution in [0.2, 0.25) is 5.02 Å². The van der Waals surface area contributed by atoms with E-state index in [2.05, 4.69) is 10.3 Å². The lowest BCUT2D eigenvalue weighted by atomic mass is 10.2. The third-order valence-corrected chi connectivity index (χ3v) is 3.54. The molecule has 3 rings (SSSR count). The van der Waals surface area contributed by atoms with E-state index < -0.39 is 5.91 Å². The van der Waals surface area contributed by atoms with Crippen molar-refractivity contribution >= 4 is 40.0 Å². The van der Waals surface area contributed by atoms with Gasteiger partial charge in [-0.25, -0.2) is 0 Å². The van der Waals surface area contributed by atoms with Gasteiger partial charge in [0.15, 0.2) is 6.61 Å². The van der Waals surface area contributed by atoms with Crippen molar-refractivity contribution in [2.75, 3.05) is 11.9 Å². The predicted molar refractivity (Wildman–Crippen MR) is 92.4 cm³/mol. The molecule has 1 heterocycles. The van der Waals surface area contributed by atoms with Crippen molar-refractivity contribution in [1.82, 2.24) is 4.98 Å². The lowest BCUT2D eigenvalue weighted by molar-refractivity contribution is -0.119. The lowest BCUT2D eigenvalue weighted by Gasteiger charge is -2.07. The van der Waals surface area contributed by atoms with Crippen LogP contribution in [0.4, 0.5) is 5.69 Å². The molecule has 2 aromatic carbocycles. The van der Waals surface area contributed by atoms with E-state index in [4.69, 9.17) is 22.1 Å². The Bertz CT molecular complexity index is 920. The molecule has 1 aromatic heterocycles. The Morgan fingerprint density at radius 2 is 2.00 bits per heavy atom. The Balaban J connectivity index is 1.75. The van der Waals surface area contributed by atoms with Gasteiger partial charge in [-0.2, -0.15) is 0 Å². The molecule has 0 radical (unpaired) electrons. The van der Waals surface area contributed by atoms with Gasteiger partial charge in [0.25, 0.3) is 11.8 Å². The number of carbonyl (C=O) groups is 2. The molecule has 0 fully saturated rings. The van der Waals surface area contributed by atoms with Crippen LogP contribution < -0.4 is 15.8 Å². The molecule has 0 aliphatic rings. The van der Waals surface area contributed by atoms with Gasteiger partial charge in [-0.05, 0) is 36.4 Å². The summed E-state index contributed by atoms with van der Waals surface area (Å²) in [4.78, 5) is 26.1. The molecule has 0 aliphatic carbocycles. The van der Waals surface area contributed by atoms with Gasteiger partial charge in [-0.1, -0.05) is 17.7 Å². The van der Waals surface area contributed by atoms with Crippen LogP contribution in [0.5, 0.6) is 5.75 Å². The maximum absolute atomic E-state index is 12.4. The highest BCUT2D eigenvalue weighted by Crippen LogP contribution is 2.22. The molecule has 7 heteroatoms. The second kappa shape index (κ2) is 6.64. The van der Waals surface area contributed by atoms with Crippen molar-refractivity contribution in [3.05, 3.63) is 59.2 Å². The summed E-state index contributed by atoms with van der Waals surface area (Å²) in [6.45, 7) is -0.222. The average Bonchev–Trinajstić information content (AvgIpc) is 2.96. The van der Waals surface area contributed by atoms with E-state index in [9.17, 15) is 9.59 Å². The summed E-state index contributed by atoms with van der Waals surface area (Å²) in [5.41, 5.74) is 6.81. The van der Waals surface area contributed by atoms with E-state index in [0.717, 1.165) is 10.9 Å². The van der Waals surface area contributed by atoms with Gasteiger partial charge in [-0.15, -0.1) is 0 Å². The molecule has 4 N–H and O–H groups in total. The zero-order valence-corrected chi connectivity index (χ0v) is 13.3. The van der Waals surface area contributed by atoms with E-state index in [-0.39, 0.29) is 12.5 Å². The van der Waals surface area contributed by atoms with E-state index >= 15 is 0 Å². The monoisotopic (exact) mass is 343 g/mol. The number of rotatable bonds is 5. The second-order valence-corrected chi connectivity index (χ2v) is 5.59. The van der Waals surface area contributed by atoms with E-state index in [1.165, 1.54) is 0 Å². The summed E-state index contributed by atoms with van der Waals surface area (Å²) in [6, 6.07) is 13.8. The lowest BCUT2D eigenvalue weighted by Crippen LogP contribution is -2.20. The van der Waals surface area contributed by atoms with E-state index in [1.807, 2.05) is 6.07 Å². The summed E-state index contributed by atoms with van der Waals surface area (Å²) >= 11 is 5.95. The number of ether oxygens (including phenoxy) is 1. The summed E-state index contributed by atoms with van der Waals surface area (Å²) in [6.07, 6.45) is 0. The summed E-state index contributed by atoms with van der Waals surface area (Å²) in [7, 11) is 0. The first kappa shape index (κ1) is 15.9. The number of halogens is 1. The SMILES string of the molecule is NC(=O)COc1cccc(NC(=O)c2cc3cc(Cl)ccc3[nH]2)c1. The molecule has 3 aromatic rings. The smallest absolute Gasteiger partial charge is 0.272 e. The number of anilines is 1. The van der Waals surface area contributed by atoms with Crippen LogP contribution in [0.3, 0.4) is 0 Å². The molecule has 24 heavy (non-hydrogen) atoms. The van der Waals surface area contributed by atoms with Crippen LogP contribution >= 0.6 is 11.6 Å². The fourth-order valence-corrected chi connectivity index (χ4v) is 2.42. The standard InChI is InChI=1S/C17H14ClN3O3/c18-11-4-5-14-10(6-11)7-15(21-14)17(23)20-12-2-1-3-13(8-12)24-9-16(19)22/h1-8,21H,9H2,(H2,19,22)(H,20,23). The maximum Gasteiger partial charge on any atom is 0.272 e. The van der Waals surface area contributed by atoms with Crippen LogP contribution in [0.25, 0.3) is 10.9 Å². The largest absolute Gasteiger partial charge is 0.484 e. The van der Waals surface area contributed by atoms with Crippen molar-refractivity contribution in [2.45, 2.75) is 0 Å². The van der Waals surface area contributed by atoms with Crippen molar-refractivity contribution in [1.29, 1.82) is 0 Å². The first-order valence-corrected chi connectivity index (χ1v) is 7.50. The molecule has 0 bridgehead atoms. The number of fused-ring (bicyclic) bond motifs is 1. The number of hydrogen-bond donors (Lipinski definition) is 3. The van der Waals surface area contributed by atoms with Crippen LogP contribution in [0.1, 0.15) is 10.5 Å². The normalized spacial score (nSPS) is 10.5. The van der Waals surface area contributed by atoms with Gasteiger partial charge in [0, 0.05) is 27.7 Å². The zero-order valence-electron chi connectivity index (χ0n) is 12.5. The maximum atomic E-state index is 12.4. The van der Waals surface area contributed by atoms with Crippen LogP contribution in [-0.2, 0) is 4.79 Å². The number of benzene rings is 2. The van der Waals surface area contributed by atoms with Crippen molar-refractivity contribution in [3.63, 3.8) is 0 Å². The quantitative estimate of drug-likeness (QED) is 0.664. The fourth-order valence-electron chi connectivity index (χ4n) is 2.24.